The van der Waals surface area contributed by atoms with Gasteiger partial charge in [0.2, 0.25) is 0 Å². The van der Waals surface area contributed by atoms with E-state index in [1.54, 1.807) is 0 Å². The SMILES string of the molecule is c1ccc(-c2ccc(N(c3ccc(-c4cccc(-c5ccccc5)c4)cc3)c3ccc(-c4cc5ccccc5c5ccccc45)cc3)cc2)cc1. The van der Waals surface area contributed by atoms with Crippen LogP contribution in [0.5, 0.6) is 0 Å². The van der Waals surface area contributed by atoms with Crippen LogP contribution in [-0.2, 0) is 0 Å². The van der Waals surface area contributed by atoms with Crippen LogP contribution in [0.1, 0.15) is 0 Å². The fraction of sp³-hybridized carbons (Fsp3) is 0. The minimum Gasteiger partial charge on any atom is -0.311 e. The molecule has 240 valence electrons. The second kappa shape index (κ2) is 13.3. The zero-order valence-electron chi connectivity index (χ0n) is 28.2. The van der Waals surface area contributed by atoms with E-state index in [4.69, 9.17) is 0 Å². The summed E-state index contributed by atoms with van der Waals surface area (Å²) >= 11 is 0. The van der Waals surface area contributed by atoms with Gasteiger partial charge in [-0.15, -0.1) is 0 Å². The molecule has 9 rings (SSSR count). The zero-order valence-corrected chi connectivity index (χ0v) is 28.2. The van der Waals surface area contributed by atoms with E-state index in [1.807, 2.05) is 0 Å². The Hall–Kier alpha value is -6.70. The Balaban J connectivity index is 1.11. The molecule has 0 spiro atoms. The predicted octanol–water partition coefficient (Wildman–Crippen LogP) is 14.1. The number of benzene rings is 9. The van der Waals surface area contributed by atoms with Crippen LogP contribution >= 0.6 is 0 Å². The molecule has 0 heterocycles. The summed E-state index contributed by atoms with van der Waals surface area (Å²) in [7, 11) is 0. The van der Waals surface area contributed by atoms with E-state index in [0.29, 0.717) is 0 Å². The number of anilines is 3. The van der Waals surface area contributed by atoms with Gasteiger partial charge in [-0.1, -0.05) is 164 Å². The summed E-state index contributed by atoms with van der Waals surface area (Å²) in [5.41, 5.74) is 13.0. The van der Waals surface area contributed by atoms with Crippen molar-refractivity contribution in [1.29, 1.82) is 0 Å². The van der Waals surface area contributed by atoms with Crippen molar-refractivity contribution in [3.63, 3.8) is 0 Å². The van der Waals surface area contributed by atoms with Gasteiger partial charge in [-0.05, 0) is 115 Å². The van der Waals surface area contributed by atoms with E-state index in [9.17, 15) is 0 Å². The molecule has 0 fully saturated rings. The molecule has 0 saturated heterocycles. The molecule has 9 aromatic carbocycles. The van der Waals surface area contributed by atoms with Crippen LogP contribution < -0.4 is 4.90 Å². The second-order valence-corrected chi connectivity index (χ2v) is 13.0. The molecule has 1 nitrogen and oxygen atoms in total. The highest BCUT2D eigenvalue weighted by Gasteiger charge is 2.15. The number of hydrogen-bond donors (Lipinski definition) is 0. The Morgan fingerprint density at radius 3 is 1.20 bits per heavy atom. The first-order chi connectivity index (χ1) is 25.3. The molecule has 0 aliphatic rings. The van der Waals surface area contributed by atoms with Crippen LogP contribution in [0.4, 0.5) is 17.1 Å². The summed E-state index contributed by atoms with van der Waals surface area (Å²) in [5.74, 6) is 0. The Labute approximate surface area is 299 Å². The van der Waals surface area contributed by atoms with E-state index >= 15 is 0 Å². The van der Waals surface area contributed by atoms with Crippen molar-refractivity contribution in [2.24, 2.45) is 0 Å². The molecule has 51 heavy (non-hydrogen) atoms. The zero-order chi connectivity index (χ0) is 34.0. The van der Waals surface area contributed by atoms with E-state index in [1.165, 1.54) is 66.1 Å². The molecule has 0 bridgehead atoms. The Kier molecular flexibility index (Phi) is 7.92. The average molecular weight is 650 g/mol. The Morgan fingerprint density at radius 1 is 0.235 bits per heavy atom. The molecule has 0 radical (unpaired) electrons. The highest BCUT2D eigenvalue weighted by Crippen LogP contribution is 2.40. The van der Waals surface area contributed by atoms with Crippen molar-refractivity contribution in [3.05, 3.63) is 212 Å². The minimum atomic E-state index is 1.11. The van der Waals surface area contributed by atoms with E-state index in [2.05, 4.69) is 217 Å². The Bertz CT molecular complexity index is 2590. The summed E-state index contributed by atoms with van der Waals surface area (Å²) in [6.07, 6.45) is 0. The third kappa shape index (κ3) is 5.96. The van der Waals surface area contributed by atoms with Crippen LogP contribution in [0.2, 0.25) is 0 Å². The third-order valence-corrected chi connectivity index (χ3v) is 9.87. The van der Waals surface area contributed by atoms with Crippen molar-refractivity contribution >= 4 is 38.6 Å². The van der Waals surface area contributed by atoms with Gasteiger partial charge in [-0.25, -0.2) is 0 Å². The van der Waals surface area contributed by atoms with Crippen LogP contribution in [0.3, 0.4) is 0 Å². The maximum absolute atomic E-state index is 2.35. The number of hydrogen-bond acceptors (Lipinski definition) is 1. The van der Waals surface area contributed by atoms with Gasteiger partial charge in [-0.2, -0.15) is 0 Å². The van der Waals surface area contributed by atoms with Gasteiger partial charge in [0.25, 0.3) is 0 Å². The predicted molar refractivity (Wildman–Crippen MR) is 218 cm³/mol. The number of nitrogens with zero attached hydrogens (tertiary/aromatic N) is 1. The molecule has 0 aliphatic heterocycles. The highest BCUT2D eigenvalue weighted by atomic mass is 15.1. The lowest BCUT2D eigenvalue weighted by molar-refractivity contribution is 1.28. The summed E-state index contributed by atoms with van der Waals surface area (Å²) in [6, 6.07) is 76.5. The molecular formula is C50H35N. The summed E-state index contributed by atoms with van der Waals surface area (Å²) in [6.45, 7) is 0. The highest BCUT2D eigenvalue weighted by molar-refractivity contribution is 6.13. The molecule has 1 heteroatoms. The van der Waals surface area contributed by atoms with Crippen LogP contribution in [0, 0.1) is 0 Å². The normalized spacial score (nSPS) is 11.1. The molecule has 0 aromatic heterocycles. The fourth-order valence-electron chi connectivity index (χ4n) is 7.28. The topological polar surface area (TPSA) is 3.24 Å². The van der Waals surface area contributed by atoms with Crippen LogP contribution in [0.15, 0.2) is 212 Å². The smallest absolute Gasteiger partial charge is 0.0462 e. The van der Waals surface area contributed by atoms with Crippen molar-refractivity contribution < 1.29 is 0 Å². The monoisotopic (exact) mass is 649 g/mol. The van der Waals surface area contributed by atoms with Gasteiger partial charge in [0, 0.05) is 17.1 Å². The minimum absolute atomic E-state index is 1.11. The molecule has 0 saturated carbocycles. The van der Waals surface area contributed by atoms with Crippen LogP contribution in [-0.4, -0.2) is 0 Å². The fourth-order valence-corrected chi connectivity index (χ4v) is 7.28. The van der Waals surface area contributed by atoms with Gasteiger partial charge in [-0.3, -0.25) is 0 Å². The summed E-state index contributed by atoms with van der Waals surface area (Å²) in [5, 5.41) is 5.09. The van der Waals surface area contributed by atoms with Gasteiger partial charge >= 0.3 is 0 Å². The maximum Gasteiger partial charge on any atom is 0.0462 e. The lowest BCUT2D eigenvalue weighted by atomic mass is 9.93. The first-order valence-corrected chi connectivity index (χ1v) is 17.5. The second-order valence-electron chi connectivity index (χ2n) is 13.0. The van der Waals surface area contributed by atoms with Crippen molar-refractivity contribution in [2.45, 2.75) is 0 Å². The largest absolute Gasteiger partial charge is 0.311 e. The van der Waals surface area contributed by atoms with Gasteiger partial charge in [0.15, 0.2) is 0 Å². The molecule has 0 aliphatic carbocycles. The quantitative estimate of drug-likeness (QED) is 0.155. The van der Waals surface area contributed by atoms with E-state index in [0.717, 1.165) is 17.1 Å². The third-order valence-electron chi connectivity index (χ3n) is 9.87. The Morgan fingerprint density at radius 2 is 0.627 bits per heavy atom. The molecule has 0 amide bonds. The summed E-state index contributed by atoms with van der Waals surface area (Å²) < 4.78 is 0. The lowest BCUT2D eigenvalue weighted by Crippen LogP contribution is -2.09. The summed E-state index contributed by atoms with van der Waals surface area (Å²) in [4.78, 5) is 2.35. The first-order valence-electron chi connectivity index (χ1n) is 17.5. The van der Waals surface area contributed by atoms with Crippen molar-refractivity contribution in [3.8, 4) is 44.5 Å². The maximum atomic E-state index is 2.35. The lowest BCUT2D eigenvalue weighted by Gasteiger charge is -2.26. The molecule has 9 aromatic rings. The van der Waals surface area contributed by atoms with Gasteiger partial charge < -0.3 is 4.90 Å². The van der Waals surface area contributed by atoms with Crippen LogP contribution in [0.25, 0.3) is 66.1 Å². The molecular weight excluding hydrogens is 615 g/mol. The first kappa shape index (κ1) is 30.4. The van der Waals surface area contributed by atoms with E-state index in [-0.39, 0.29) is 0 Å². The molecule has 0 N–H and O–H groups in total. The van der Waals surface area contributed by atoms with E-state index < -0.39 is 0 Å². The molecule has 0 unspecified atom stereocenters. The van der Waals surface area contributed by atoms with Crippen molar-refractivity contribution in [2.75, 3.05) is 4.90 Å². The van der Waals surface area contributed by atoms with Crippen molar-refractivity contribution in [1.82, 2.24) is 0 Å². The van der Waals surface area contributed by atoms with Gasteiger partial charge in [0.1, 0.15) is 0 Å². The van der Waals surface area contributed by atoms with Gasteiger partial charge in [0.05, 0.1) is 0 Å². The standard InChI is InChI=1S/C50H35N/c1-3-12-36(13-4-1)38-22-28-44(29-23-38)51(45-30-24-39(25-31-45)42-18-11-17-41(34-42)37-14-5-2-6-15-37)46-32-26-40(27-33-46)50-35-43-16-7-8-19-47(43)48-20-9-10-21-49(48)50/h1-35H. The number of rotatable bonds is 7. The molecule has 0 atom stereocenters. The number of fused-ring (bicyclic) bond motifs is 3. The average Bonchev–Trinajstić information content (AvgIpc) is 3.22.